The molecule has 6 heteroatoms. The number of carbonyl (C=O) groups is 2. The van der Waals surface area contributed by atoms with Crippen LogP contribution >= 0.6 is 11.8 Å². The third kappa shape index (κ3) is 4.92. The molecule has 0 saturated carbocycles. The Morgan fingerprint density at radius 2 is 2.07 bits per heavy atom. The van der Waals surface area contributed by atoms with Gasteiger partial charge in [-0.2, -0.15) is 0 Å². The molecule has 27 heavy (non-hydrogen) atoms. The van der Waals surface area contributed by atoms with E-state index in [4.69, 9.17) is 9.84 Å². The minimum atomic E-state index is -0.830. The summed E-state index contributed by atoms with van der Waals surface area (Å²) in [6, 6.07) is 7.74. The molecule has 1 heterocycles. The quantitative estimate of drug-likeness (QED) is 0.773. The summed E-state index contributed by atoms with van der Waals surface area (Å²) in [5, 5.41) is 10.8. The molecule has 1 aliphatic heterocycles. The zero-order valence-corrected chi connectivity index (χ0v) is 15.8. The number of carboxylic acids is 1. The summed E-state index contributed by atoms with van der Waals surface area (Å²) < 4.78 is 5.19. The van der Waals surface area contributed by atoms with Crippen LogP contribution in [0.3, 0.4) is 0 Å². The molecular formula is C21H21NO4S. The minimum absolute atomic E-state index is 0.0615. The van der Waals surface area contributed by atoms with Crippen molar-refractivity contribution in [1.82, 2.24) is 4.90 Å². The van der Waals surface area contributed by atoms with Gasteiger partial charge in [-0.05, 0) is 41.2 Å². The lowest BCUT2D eigenvalue weighted by molar-refractivity contribution is -0.137. The highest BCUT2D eigenvalue weighted by atomic mass is 32.2. The van der Waals surface area contributed by atoms with E-state index in [1.807, 2.05) is 53.0 Å². The van der Waals surface area contributed by atoms with Crippen LogP contribution in [0.2, 0.25) is 0 Å². The molecule has 1 aliphatic carbocycles. The van der Waals surface area contributed by atoms with Crippen LogP contribution in [-0.4, -0.2) is 35.4 Å². The van der Waals surface area contributed by atoms with Gasteiger partial charge in [0.05, 0.1) is 19.4 Å². The Kier molecular flexibility index (Phi) is 6.19. The lowest BCUT2D eigenvalue weighted by atomic mass is 9.85. The Morgan fingerprint density at radius 1 is 1.30 bits per heavy atom. The molecule has 0 aromatic heterocycles. The van der Waals surface area contributed by atoms with Gasteiger partial charge in [0.1, 0.15) is 5.75 Å². The number of thioether (sulfide) groups is 1. The highest BCUT2D eigenvalue weighted by molar-refractivity contribution is 8.06. The lowest BCUT2D eigenvalue weighted by Crippen LogP contribution is -2.23. The van der Waals surface area contributed by atoms with Crippen molar-refractivity contribution < 1.29 is 19.4 Å². The van der Waals surface area contributed by atoms with E-state index in [1.54, 1.807) is 31.0 Å². The van der Waals surface area contributed by atoms with Crippen molar-refractivity contribution >= 4 is 23.5 Å². The number of nitrogens with zero attached hydrogens (tertiary/aromatic N) is 1. The molecule has 1 aromatic rings. The fourth-order valence-electron chi connectivity index (χ4n) is 3.01. The highest BCUT2D eigenvalue weighted by Crippen LogP contribution is 2.37. The van der Waals surface area contributed by atoms with Crippen LogP contribution in [0.5, 0.6) is 5.75 Å². The Labute approximate surface area is 162 Å². The van der Waals surface area contributed by atoms with Gasteiger partial charge < -0.3 is 14.7 Å². The second kappa shape index (κ2) is 8.77. The molecule has 1 atom stereocenters. The van der Waals surface area contributed by atoms with Crippen molar-refractivity contribution in [3.63, 3.8) is 0 Å². The van der Waals surface area contributed by atoms with Crippen LogP contribution in [0.1, 0.15) is 12.0 Å². The molecule has 1 aromatic carbocycles. The Balaban J connectivity index is 1.79. The molecule has 1 N–H and O–H groups in total. The molecule has 1 unspecified atom stereocenters. The topological polar surface area (TPSA) is 66.8 Å². The van der Waals surface area contributed by atoms with Gasteiger partial charge >= 0.3 is 5.97 Å². The lowest BCUT2D eigenvalue weighted by Gasteiger charge is -2.26. The van der Waals surface area contributed by atoms with Crippen LogP contribution in [-0.2, 0) is 16.0 Å². The van der Waals surface area contributed by atoms with Crippen LogP contribution in [0, 0.1) is 5.92 Å². The fourth-order valence-corrected chi connectivity index (χ4v) is 3.91. The molecule has 5 nitrogen and oxygen atoms in total. The summed E-state index contributed by atoms with van der Waals surface area (Å²) in [5.74, 6) is -0.218. The van der Waals surface area contributed by atoms with Gasteiger partial charge in [-0.25, -0.2) is 0 Å². The van der Waals surface area contributed by atoms with E-state index in [9.17, 15) is 9.59 Å². The molecular weight excluding hydrogens is 362 g/mol. The number of ether oxygens (including phenoxy) is 1. The van der Waals surface area contributed by atoms with Crippen molar-refractivity contribution in [3.8, 4) is 5.75 Å². The van der Waals surface area contributed by atoms with E-state index in [1.165, 1.54) is 0 Å². The maximum atomic E-state index is 12.6. The van der Waals surface area contributed by atoms with Crippen LogP contribution in [0.25, 0.3) is 0 Å². The predicted octanol–water partition coefficient (Wildman–Crippen LogP) is 3.76. The molecule has 140 valence electrons. The zero-order chi connectivity index (χ0) is 19.2. The van der Waals surface area contributed by atoms with Gasteiger partial charge in [0, 0.05) is 23.8 Å². The summed E-state index contributed by atoms with van der Waals surface area (Å²) in [6.07, 6.45) is 9.82. The summed E-state index contributed by atoms with van der Waals surface area (Å²) >= 11 is 1.55. The fraction of sp³-hybridized carbons (Fsp3) is 0.238. The van der Waals surface area contributed by atoms with E-state index in [0.29, 0.717) is 13.0 Å². The second-order valence-corrected chi connectivity index (χ2v) is 7.21. The smallest absolute Gasteiger partial charge is 0.305 e. The number of carbonyl (C=O) groups excluding carboxylic acids is 1. The van der Waals surface area contributed by atoms with Gasteiger partial charge in [0.25, 0.3) is 0 Å². The average molecular weight is 383 g/mol. The minimum Gasteiger partial charge on any atom is -0.497 e. The number of aliphatic carboxylic acids is 1. The van der Waals surface area contributed by atoms with Crippen molar-refractivity contribution in [1.29, 1.82) is 0 Å². The first-order valence-electron chi connectivity index (χ1n) is 8.65. The summed E-state index contributed by atoms with van der Waals surface area (Å²) in [5.41, 5.74) is 2.03. The first kappa shape index (κ1) is 19.0. The van der Waals surface area contributed by atoms with E-state index < -0.39 is 5.97 Å². The number of hydrogen-bond acceptors (Lipinski definition) is 5. The maximum absolute atomic E-state index is 12.6. The molecule has 0 spiro atoms. The Hall–Kier alpha value is -2.73. The van der Waals surface area contributed by atoms with Gasteiger partial charge in [-0.3, -0.25) is 9.59 Å². The molecule has 0 fully saturated rings. The van der Waals surface area contributed by atoms with Crippen molar-refractivity contribution in [2.24, 2.45) is 5.92 Å². The van der Waals surface area contributed by atoms with Gasteiger partial charge in [-0.15, -0.1) is 0 Å². The SMILES string of the molecule is COc1ccc(CC2C(=O)C=CC=C2C2=CN(CCC(=O)O)C=CS2)cc1. The maximum Gasteiger partial charge on any atom is 0.305 e. The largest absolute Gasteiger partial charge is 0.497 e. The number of rotatable bonds is 7. The monoisotopic (exact) mass is 383 g/mol. The predicted molar refractivity (Wildman–Crippen MR) is 106 cm³/mol. The second-order valence-electron chi connectivity index (χ2n) is 6.27. The molecule has 0 amide bonds. The third-order valence-electron chi connectivity index (χ3n) is 4.45. The Morgan fingerprint density at radius 3 is 2.78 bits per heavy atom. The number of carboxylic acid groups (broad SMARTS) is 1. The standard InChI is InChI=1S/C21H21NO4S/c1-26-16-7-5-15(6-8-16)13-18-17(3-2-4-19(18)23)20-14-22(11-12-27-20)10-9-21(24)25/h2-8,11-12,14,18H,9-10,13H2,1H3,(H,24,25). The first-order chi connectivity index (χ1) is 13.1. The normalized spacial score (nSPS) is 18.9. The molecule has 0 bridgehead atoms. The van der Waals surface area contributed by atoms with Crippen molar-refractivity contribution in [2.45, 2.75) is 12.8 Å². The van der Waals surface area contributed by atoms with Gasteiger partial charge in [-0.1, -0.05) is 36.0 Å². The van der Waals surface area contributed by atoms with E-state index in [-0.39, 0.29) is 18.1 Å². The number of hydrogen-bond donors (Lipinski definition) is 1. The summed E-state index contributed by atoms with van der Waals surface area (Å²) in [4.78, 5) is 26.2. The molecule has 3 rings (SSSR count). The summed E-state index contributed by atoms with van der Waals surface area (Å²) in [6.45, 7) is 0.399. The summed E-state index contributed by atoms with van der Waals surface area (Å²) in [7, 11) is 1.63. The van der Waals surface area contributed by atoms with E-state index in [2.05, 4.69) is 0 Å². The Bertz CT molecular complexity index is 836. The zero-order valence-electron chi connectivity index (χ0n) is 15.0. The number of benzene rings is 1. The van der Waals surface area contributed by atoms with E-state index >= 15 is 0 Å². The molecule has 0 radical (unpaired) electrons. The van der Waals surface area contributed by atoms with Gasteiger partial charge in [0.2, 0.25) is 0 Å². The van der Waals surface area contributed by atoms with Crippen LogP contribution in [0.15, 0.2) is 70.8 Å². The number of allylic oxidation sites excluding steroid dienone is 4. The van der Waals surface area contributed by atoms with Crippen molar-refractivity contribution in [2.75, 3.05) is 13.7 Å². The third-order valence-corrected chi connectivity index (χ3v) is 5.31. The number of ketones is 1. The number of methoxy groups -OCH3 is 1. The van der Waals surface area contributed by atoms with Crippen LogP contribution < -0.4 is 4.74 Å². The van der Waals surface area contributed by atoms with Crippen molar-refractivity contribution in [3.05, 3.63) is 76.3 Å². The highest BCUT2D eigenvalue weighted by Gasteiger charge is 2.27. The first-order valence-corrected chi connectivity index (χ1v) is 9.53. The molecule has 2 aliphatic rings. The van der Waals surface area contributed by atoms with E-state index in [0.717, 1.165) is 21.8 Å². The average Bonchev–Trinajstić information content (AvgIpc) is 2.68. The molecule has 0 saturated heterocycles. The van der Waals surface area contributed by atoms with Crippen LogP contribution in [0.4, 0.5) is 0 Å². The van der Waals surface area contributed by atoms with Gasteiger partial charge in [0.15, 0.2) is 5.78 Å².